The minimum atomic E-state index is 0.0630. The summed E-state index contributed by atoms with van der Waals surface area (Å²) >= 11 is 1.71. The fourth-order valence-electron chi connectivity index (χ4n) is 1.30. The number of hydrogen-bond donors (Lipinski definition) is 0. The predicted molar refractivity (Wildman–Crippen MR) is 59.0 cm³/mol. The third kappa shape index (κ3) is 3.46. The average Bonchev–Trinajstić information content (AvgIpc) is 2.03. The van der Waals surface area contributed by atoms with Gasteiger partial charge in [0.2, 0.25) is 0 Å². The molecule has 0 N–H and O–H groups in total. The lowest BCUT2D eigenvalue weighted by Crippen LogP contribution is -2.43. The second-order valence-corrected chi connectivity index (χ2v) is 4.61. The summed E-state index contributed by atoms with van der Waals surface area (Å²) in [5, 5.41) is 0.259. The van der Waals surface area contributed by atoms with Gasteiger partial charge in [0.15, 0.2) is 0 Å². The van der Waals surface area contributed by atoms with Gasteiger partial charge in [-0.05, 0) is 12.2 Å². The average molecular weight is 204 g/mol. The molecular weight excluding hydrogens is 184 g/mol. The third-order valence-electron chi connectivity index (χ3n) is 1.88. The van der Waals surface area contributed by atoms with E-state index in [-0.39, 0.29) is 11.4 Å². The van der Waals surface area contributed by atoms with Gasteiger partial charge in [-0.15, -0.1) is 11.8 Å². The van der Waals surface area contributed by atoms with Crippen LogP contribution in [0, 0.1) is 5.92 Å². The highest BCUT2D eigenvalue weighted by atomic mass is 32.2. The lowest BCUT2D eigenvalue weighted by molar-refractivity contribution is 0.171. The van der Waals surface area contributed by atoms with E-state index in [0.29, 0.717) is 5.92 Å². The number of urea groups is 1. The van der Waals surface area contributed by atoms with E-state index < -0.39 is 0 Å². The maximum absolute atomic E-state index is 11.6. The van der Waals surface area contributed by atoms with Crippen LogP contribution in [-0.4, -0.2) is 48.6 Å². The Morgan fingerprint density at radius 1 is 1.23 bits per heavy atom. The molecule has 0 heterocycles. The van der Waals surface area contributed by atoms with Gasteiger partial charge in [0.1, 0.15) is 0 Å². The van der Waals surface area contributed by atoms with Gasteiger partial charge in [0.25, 0.3) is 0 Å². The van der Waals surface area contributed by atoms with Crippen LogP contribution in [0.2, 0.25) is 0 Å². The van der Waals surface area contributed by atoms with Gasteiger partial charge in [0, 0.05) is 21.1 Å². The molecule has 0 spiro atoms. The molecule has 2 amide bonds. The zero-order valence-electron chi connectivity index (χ0n) is 9.37. The van der Waals surface area contributed by atoms with Crippen molar-refractivity contribution < 1.29 is 4.79 Å². The SMILES string of the molecule is CSC(C(C)C)N(C)C(=O)N(C)C. The minimum Gasteiger partial charge on any atom is -0.331 e. The summed E-state index contributed by atoms with van der Waals surface area (Å²) in [6.07, 6.45) is 2.03. The number of hydrogen-bond acceptors (Lipinski definition) is 2. The van der Waals surface area contributed by atoms with E-state index in [4.69, 9.17) is 0 Å². The van der Waals surface area contributed by atoms with Gasteiger partial charge in [-0.2, -0.15) is 0 Å². The molecule has 0 aliphatic heterocycles. The Balaban J connectivity index is 4.36. The van der Waals surface area contributed by atoms with Gasteiger partial charge in [-0.3, -0.25) is 0 Å². The normalized spacial score (nSPS) is 12.8. The molecule has 0 saturated carbocycles. The first kappa shape index (κ1) is 12.6. The second-order valence-electron chi connectivity index (χ2n) is 3.66. The van der Waals surface area contributed by atoms with Crippen LogP contribution in [0.5, 0.6) is 0 Å². The molecule has 0 bridgehead atoms. The van der Waals surface area contributed by atoms with Gasteiger partial charge in [0.05, 0.1) is 5.37 Å². The lowest BCUT2D eigenvalue weighted by atomic mass is 10.2. The Hall–Kier alpha value is -0.380. The molecule has 0 saturated heterocycles. The predicted octanol–water partition coefficient (Wildman–Crippen LogP) is 1.94. The maximum atomic E-state index is 11.6. The first-order valence-corrected chi connectivity index (χ1v) is 5.67. The van der Waals surface area contributed by atoms with Crippen molar-refractivity contribution in [3.05, 3.63) is 0 Å². The van der Waals surface area contributed by atoms with E-state index in [0.717, 1.165) is 0 Å². The maximum Gasteiger partial charge on any atom is 0.320 e. The molecule has 0 aromatic rings. The summed E-state index contributed by atoms with van der Waals surface area (Å²) in [4.78, 5) is 15.0. The molecule has 0 fully saturated rings. The molecule has 4 heteroatoms. The highest BCUT2D eigenvalue weighted by Crippen LogP contribution is 2.20. The molecule has 78 valence electrons. The molecule has 0 rings (SSSR count). The largest absolute Gasteiger partial charge is 0.331 e. The van der Waals surface area contributed by atoms with Crippen molar-refractivity contribution in [1.82, 2.24) is 9.80 Å². The van der Waals surface area contributed by atoms with E-state index in [1.165, 1.54) is 0 Å². The fourth-order valence-corrected chi connectivity index (χ4v) is 2.25. The van der Waals surface area contributed by atoms with Crippen molar-refractivity contribution in [2.24, 2.45) is 5.92 Å². The first-order valence-electron chi connectivity index (χ1n) is 4.38. The Bertz CT molecular complexity index is 171. The first-order chi connectivity index (χ1) is 5.91. The molecule has 0 radical (unpaired) electrons. The fraction of sp³-hybridized carbons (Fsp3) is 0.889. The van der Waals surface area contributed by atoms with Crippen LogP contribution in [0.25, 0.3) is 0 Å². The van der Waals surface area contributed by atoms with Crippen molar-refractivity contribution in [2.45, 2.75) is 19.2 Å². The number of carbonyl (C=O) groups excluding carboxylic acids is 1. The minimum absolute atomic E-state index is 0.0630. The summed E-state index contributed by atoms with van der Waals surface area (Å²) in [5.41, 5.74) is 0. The summed E-state index contributed by atoms with van der Waals surface area (Å²) < 4.78 is 0. The monoisotopic (exact) mass is 204 g/mol. The van der Waals surface area contributed by atoms with E-state index in [9.17, 15) is 4.79 Å². The van der Waals surface area contributed by atoms with Gasteiger partial charge >= 0.3 is 6.03 Å². The molecule has 0 aromatic carbocycles. The highest BCUT2D eigenvalue weighted by Gasteiger charge is 2.22. The Morgan fingerprint density at radius 2 is 1.69 bits per heavy atom. The van der Waals surface area contributed by atoms with Crippen molar-refractivity contribution in [2.75, 3.05) is 27.4 Å². The van der Waals surface area contributed by atoms with Crippen molar-refractivity contribution in [3.63, 3.8) is 0 Å². The van der Waals surface area contributed by atoms with E-state index >= 15 is 0 Å². The van der Waals surface area contributed by atoms with Crippen molar-refractivity contribution >= 4 is 17.8 Å². The molecule has 0 aromatic heterocycles. The Labute approximate surface area is 85.5 Å². The molecular formula is C9H20N2OS. The quantitative estimate of drug-likeness (QED) is 0.656. The third-order valence-corrected chi connectivity index (χ3v) is 3.22. The van der Waals surface area contributed by atoms with Crippen LogP contribution >= 0.6 is 11.8 Å². The Morgan fingerprint density at radius 3 is 1.92 bits per heavy atom. The molecule has 13 heavy (non-hydrogen) atoms. The van der Waals surface area contributed by atoms with E-state index in [1.54, 1.807) is 35.7 Å². The lowest BCUT2D eigenvalue weighted by Gasteiger charge is -2.31. The molecule has 3 nitrogen and oxygen atoms in total. The van der Waals surface area contributed by atoms with Gasteiger partial charge in [-0.25, -0.2) is 4.79 Å². The zero-order valence-corrected chi connectivity index (χ0v) is 10.2. The van der Waals surface area contributed by atoms with Gasteiger partial charge < -0.3 is 9.80 Å². The highest BCUT2D eigenvalue weighted by molar-refractivity contribution is 7.99. The number of carbonyl (C=O) groups is 1. The van der Waals surface area contributed by atoms with Gasteiger partial charge in [-0.1, -0.05) is 13.8 Å². The van der Waals surface area contributed by atoms with Crippen LogP contribution in [0.4, 0.5) is 4.79 Å². The van der Waals surface area contributed by atoms with Crippen LogP contribution in [-0.2, 0) is 0 Å². The van der Waals surface area contributed by atoms with E-state index in [2.05, 4.69) is 13.8 Å². The molecule has 1 unspecified atom stereocenters. The van der Waals surface area contributed by atoms with Crippen molar-refractivity contribution in [1.29, 1.82) is 0 Å². The van der Waals surface area contributed by atoms with Crippen LogP contribution < -0.4 is 0 Å². The number of nitrogens with zero attached hydrogens (tertiary/aromatic N) is 2. The van der Waals surface area contributed by atoms with Crippen LogP contribution in [0.3, 0.4) is 0 Å². The summed E-state index contributed by atoms with van der Waals surface area (Å²) in [6, 6.07) is 0.0630. The number of amides is 2. The van der Waals surface area contributed by atoms with Crippen LogP contribution in [0.15, 0.2) is 0 Å². The standard InChI is InChI=1S/C9H20N2OS/c1-7(2)8(13-6)11(5)9(12)10(3)4/h7-8H,1-6H3. The summed E-state index contributed by atoms with van der Waals surface area (Å²) in [7, 11) is 5.40. The van der Waals surface area contributed by atoms with E-state index in [1.807, 2.05) is 13.3 Å². The molecule has 1 atom stereocenters. The summed E-state index contributed by atoms with van der Waals surface area (Å²) in [5.74, 6) is 0.476. The van der Waals surface area contributed by atoms with Crippen LogP contribution in [0.1, 0.15) is 13.8 Å². The number of thioether (sulfide) groups is 1. The smallest absolute Gasteiger partial charge is 0.320 e. The zero-order chi connectivity index (χ0) is 10.6. The topological polar surface area (TPSA) is 23.6 Å². The second kappa shape index (κ2) is 5.37. The number of rotatable bonds is 3. The molecule has 0 aliphatic carbocycles. The van der Waals surface area contributed by atoms with Crippen molar-refractivity contribution in [3.8, 4) is 0 Å². The Kier molecular flexibility index (Phi) is 5.21. The molecule has 0 aliphatic rings. The summed E-state index contributed by atoms with van der Waals surface area (Å²) in [6.45, 7) is 4.25.